The van der Waals surface area contributed by atoms with Crippen molar-refractivity contribution in [2.75, 3.05) is 39.4 Å². The molecular weight excluding hydrogens is 260 g/mol. The van der Waals surface area contributed by atoms with Crippen molar-refractivity contribution in [3.63, 3.8) is 0 Å². The van der Waals surface area contributed by atoms with E-state index in [0.717, 1.165) is 45.7 Å². The first-order chi connectivity index (χ1) is 10.2. The summed E-state index contributed by atoms with van der Waals surface area (Å²) in [7, 11) is 0. The van der Waals surface area contributed by atoms with Crippen LogP contribution in [0, 0.1) is 13.8 Å². The second-order valence-electron chi connectivity index (χ2n) is 6.13. The zero-order valence-electron chi connectivity index (χ0n) is 13.8. The van der Waals surface area contributed by atoms with Crippen molar-refractivity contribution in [3.05, 3.63) is 34.9 Å². The summed E-state index contributed by atoms with van der Waals surface area (Å²) in [5.74, 6) is 0. The Balaban J connectivity index is 1.97. The Morgan fingerprint density at radius 3 is 2.62 bits per heavy atom. The first kappa shape index (κ1) is 16.5. The second-order valence-corrected chi connectivity index (χ2v) is 6.13. The van der Waals surface area contributed by atoms with Crippen molar-refractivity contribution in [1.82, 2.24) is 10.2 Å². The van der Waals surface area contributed by atoms with Crippen molar-refractivity contribution >= 4 is 0 Å². The average Bonchev–Trinajstić information content (AvgIpc) is 2.71. The third-order valence-electron chi connectivity index (χ3n) is 4.15. The monoisotopic (exact) mass is 290 g/mol. The number of aryl methyl sites for hydroxylation is 2. The zero-order chi connectivity index (χ0) is 15.1. The highest BCUT2D eigenvalue weighted by atomic mass is 16.5. The lowest BCUT2D eigenvalue weighted by Crippen LogP contribution is -2.31. The lowest BCUT2D eigenvalue weighted by molar-refractivity contribution is 0.140. The molecular formula is C18H30N2O. The third kappa shape index (κ3) is 5.42. The van der Waals surface area contributed by atoms with Gasteiger partial charge in [-0.05, 0) is 38.8 Å². The molecule has 1 heterocycles. The average molecular weight is 290 g/mol. The molecule has 0 radical (unpaired) electrons. The van der Waals surface area contributed by atoms with Crippen molar-refractivity contribution < 1.29 is 4.74 Å². The van der Waals surface area contributed by atoms with Gasteiger partial charge in [0.05, 0.1) is 6.61 Å². The standard InChI is InChI=1S/C18H30N2O/c1-4-19-18(17-13-15(2)12-16(3)14-17)6-8-20-7-5-10-21-11-9-20/h12-14,18-19H,4-11H2,1-3H3. The minimum atomic E-state index is 0.456. The van der Waals surface area contributed by atoms with Crippen LogP contribution in [0.25, 0.3) is 0 Å². The lowest BCUT2D eigenvalue weighted by atomic mass is 9.99. The maximum Gasteiger partial charge on any atom is 0.0593 e. The summed E-state index contributed by atoms with van der Waals surface area (Å²) in [6.07, 6.45) is 2.33. The first-order valence-corrected chi connectivity index (χ1v) is 8.30. The lowest BCUT2D eigenvalue weighted by Gasteiger charge is -2.24. The van der Waals surface area contributed by atoms with Gasteiger partial charge in [0.2, 0.25) is 0 Å². The second kappa shape index (κ2) is 8.52. The van der Waals surface area contributed by atoms with Crippen molar-refractivity contribution in [1.29, 1.82) is 0 Å². The molecule has 3 nitrogen and oxygen atoms in total. The van der Waals surface area contributed by atoms with E-state index in [-0.39, 0.29) is 0 Å². The summed E-state index contributed by atoms with van der Waals surface area (Å²) in [6.45, 7) is 12.8. The molecule has 118 valence electrons. The van der Waals surface area contributed by atoms with Crippen molar-refractivity contribution in [2.45, 2.75) is 39.7 Å². The Bertz CT molecular complexity index is 405. The fourth-order valence-corrected chi connectivity index (χ4v) is 3.18. The number of nitrogens with one attached hydrogen (secondary N) is 1. The molecule has 2 rings (SSSR count). The van der Waals surface area contributed by atoms with Crippen LogP contribution in [-0.2, 0) is 4.74 Å². The highest BCUT2D eigenvalue weighted by molar-refractivity contribution is 5.30. The van der Waals surface area contributed by atoms with Gasteiger partial charge in [-0.1, -0.05) is 36.2 Å². The van der Waals surface area contributed by atoms with Gasteiger partial charge in [-0.2, -0.15) is 0 Å². The van der Waals surface area contributed by atoms with Gasteiger partial charge in [-0.25, -0.2) is 0 Å². The molecule has 0 aliphatic carbocycles. The molecule has 0 amide bonds. The van der Waals surface area contributed by atoms with E-state index in [1.165, 1.54) is 23.2 Å². The molecule has 0 bridgehead atoms. The number of nitrogens with zero attached hydrogens (tertiary/aromatic N) is 1. The van der Waals surface area contributed by atoms with Crippen LogP contribution < -0.4 is 5.32 Å². The van der Waals surface area contributed by atoms with Gasteiger partial charge in [0.25, 0.3) is 0 Å². The van der Waals surface area contributed by atoms with Gasteiger partial charge < -0.3 is 15.0 Å². The molecule has 1 saturated heterocycles. The van der Waals surface area contributed by atoms with Gasteiger partial charge in [0.15, 0.2) is 0 Å². The summed E-state index contributed by atoms with van der Waals surface area (Å²) in [5, 5.41) is 3.65. The Morgan fingerprint density at radius 2 is 1.90 bits per heavy atom. The summed E-state index contributed by atoms with van der Waals surface area (Å²) in [6, 6.07) is 7.36. The molecule has 0 spiro atoms. The van der Waals surface area contributed by atoms with E-state index in [0.29, 0.717) is 6.04 Å². The molecule has 1 aliphatic heterocycles. The largest absolute Gasteiger partial charge is 0.380 e. The smallest absolute Gasteiger partial charge is 0.0593 e. The molecule has 1 N–H and O–H groups in total. The fourth-order valence-electron chi connectivity index (χ4n) is 3.18. The molecule has 1 fully saturated rings. The van der Waals surface area contributed by atoms with Crippen LogP contribution in [0.2, 0.25) is 0 Å². The molecule has 1 atom stereocenters. The maximum atomic E-state index is 5.54. The van der Waals surface area contributed by atoms with E-state index in [2.05, 4.69) is 49.2 Å². The van der Waals surface area contributed by atoms with Crippen LogP contribution in [0.15, 0.2) is 18.2 Å². The zero-order valence-corrected chi connectivity index (χ0v) is 13.8. The van der Waals surface area contributed by atoms with Crippen LogP contribution in [0.1, 0.15) is 42.5 Å². The Kier molecular flexibility index (Phi) is 6.68. The van der Waals surface area contributed by atoms with Crippen LogP contribution in [0.3, 0.4) is 0 Å². The van der Waals surface area contributed by atoms with E-state index in [1.54, 1.807) is 0 Å². The molecule has 0 aromatic heterocycles. The van der Waals surface area contributed by atoms with Gasteiger partial charge in [0.1, 0.15) is 0 Å². The predicted molar refractivity (Wildman–Crippen MR) is 88.8 cm³/mol. The van der Waals surface area contributed by atoms with E-state index in [4.69, 9.17) is 4.74 Å². The summed E-state index contributed by atoms with van der Waals surface area (Å²) >= 11 is 0. The van der Waals surface area contributed by atoms with Gasteiger partial charge in [-0.15, -0.1) is 0 Å². The van der Waals surface area contributed by atoms with Gasteiger partial charge >= 0.3 is 0 Å². The summed E-state index contributed by atoms with van der Waals surface area (Å²) in [5.41, 5.74) is 4.15. The normalized spacial score (nSPS) is 18.4. The summed E-state index contributed by atoms with van der Waals surface area (Å²) < 4.78 is 5.54. The molecule has 1 aromatic rings. The fraction of sp³-hybridized carbons (Fsp3) is 0.667. The van der Waals surface area contributed by atoms with Crippen LogP contribution in [-0.4, -0.2) is 44.3 Å². The topological polar surface area (TPSA) is 24.5 Å². The molecule has 3 heteroatoms. The third-order valence-corrected chi connectivity index (χ3v) is 4.15. The van der Waals surface area contributed by atoms with Crippen molar-refractivity contribution in [3.8, 4) is 0 Å². The Labute approximate surface area is 129 Å². The van der Waals surface area contributed by atoms with Crippen molar-refractivity contribution in [2.24, 2.45) is 0 Å². The number of ether oxygens (including phenoxy) is 1. The van der Waals surface area contributed by atoms with Crippen LogP contribution in [0.4, 0.5) is 0 Å². The Hall–Kier alpha value is -0.900. The van der Waals surface area contributed by atoms with Gasteiger partial charge in [0, 0.05) is 32.3 Å². The highest BCUT2D eigenvalue weighted by Crippen LogP contribution is 2.20. The first-order valence-electron chi connectivity index (χ1n) is 8.30. The van der Waals surface area contributed by atoms with Crippen LogP contribution >= 0.6 is 0 Å². The van der Waals surface area contributed by atoms with E-state index < -0.39 is 0 Å². The summed E-state index contributed by atoms with van der Waals surface area (Å²) in [4.78, 5) is 2.54. The Morgan fingerprint density at radius 1 is 1.14 bits per heavy atom. The minimum absolute atomic E-state index is 0.456. The van der Waals surface area contributed by atoms with E-state index in [1.807, 2.05) is 0 Å². The molecule has 1 aliphatic rings. The molecule has 1 aromatic carbocycles. The molecule has 21 heavy (non-hydrogen) atoms. The van der Waals surface area contributed by atoms with E-state index in [9.17, 15) is 0 Å². The maximum absolute atomic E-state index is 5.54. The van der Waals surface area contributed by atoms with Gasteiger partial charge in [-0.3, -0.25) is 0 Å². The SMILES string of the molecule is CCNC(CCN1CCCOCC1)c1cc(C)cc(C)c1. The number of benzene rings is 1. The number of hydrogen-bond donors (Lipinski definition) is 1. The quantitative estimate of drug-likeness (QED) is 0.871. The number of rotatable bonds is 6. The highest BCUT2D eigenvalue weighted by Gasteiger charge is 2.15. The molecule has 1 unspecified atom stereocenters. The number of hydrogen-bond acceptors (Lipinski definition) is 3. The predicted octanol–water partition coefficient (Wildman–Crippen LogP) is 3.07. The minimum Gasteiger partial charge on any atom is -0.380 e. The van der Waals surface area contributed by atoms with E-state index >= 15 is 0 Å². The molecule has 0 saturated carbocycles. The van der Waals surface area contributed by atoms with Crippen LogP contribution in [0.5, 0.6) is 0 Å².